The van der Waals surface area contributed by atoms with Crippen LogP contribution in [0.5, 0.6) is 5.75 Å². The summed E-state index contributed by atoms with van der Waals surface area (Å²) in [6, 6.07) is 13.8. The first-order valence-corrected chi connectivity index (χ1v) is 9.39. The van der Waals surface area contributed by atoms with Crippen molar-refractivity contribution in [2.24, 2.45) is 5.92 Å². The number of hydrogen-bond acceptors (Lipinski definition) is 3. The second-order valence-corrected chi connectivity index (χ2v) is 7.18. The van der Waals surface area contributed by atoms with E-state index in [0.29, 0.717) is 6.04 Å². The predicted octanol–water partition coefficient (Wildman–Crippen LogP) is 3.98. The molecule has 0 unspecified atom stereocenters. The third-order valence-corrected chi connectivity index (χ3v) is 5.85. The Morgan fingerprint density at radius 1 is 1.00 bits per heavy atom. The molecule has 128 valence electrons. The third kappa shape index (κ3) is 2.91. The zero-order chi connectivity index (χ0) is 16.4. The molecule has 1 heterocycles. The summed E-state index contributed by atoms with van der Waals surface area (Å²) in [5.74, 6) is 1.78. The standard InChI is InChI=1S/C21H28N2O/c1-24-20-11-10-19(17-8-4-5-9-18(17)20)21(16-6-2-3-7-16)23-14-12-22-13-15-23/h4-5,8-11,16,21-22H,2-3,6-7,12-15H2,1H3/t21-/m0/s1. The topological polar surface area (TPSA) is 24.5 Å². The summed E-state index contributed by atoms with van der Waals surface area (Å²) in [7, 11) is 1.77. The van der Waals surface area contributed by atoms with Gasteiger partial charge >= 0.3 is 0 Å². The lowest BCUT2D eigenvalue weighted by Crippen LogP contribution is -2.46. The molecule has 3 nitrogen and oxygen atoms in total. The van der Waals surface area contributed by atoms with Crippen LogP contribution in [0.15, 0.2) is 36.4 Å². The minimum Gasteiger partial charge on any atom is -0.496 e. The number of nitrogens with one attached hydrogen (secondary N) is 1. The van der Waals surface area contributed by atoms with E-state index in [1.807, 2.05) is 0 Å². The molecular weight excluding hydrogens is 296 g/mol. The van der Waals surface area contributed by atoms with E-state index in [-0.39, 0.29) is 0 Å². The van der Waals surface area contributed by atoms with Gasteiger partial charge in [0.15, 0.2) is 0 Å². The molecule has 1 saturated carbocycles. The van der Waals surface area contributed by atoms with Crippen LogP contribution in [0.25, 0.3) is 10.8 Å². The summed E-state index contributed by atoms with van der Waals surface area (Å²) >= 11 is 0. The fourth-order valence-electron chi connectivity index (χ4n) is 4.71. The Kier molecular flexibility index (Phi) is 4.72. The highest BCUT2D eigenvalue weighted by molar-refractivity contribution is 5.91. The van der Waals surface area contributed by atoms with Crippen LogP contribution in [0.2, 0.25) is 0 Å². The van der Waals surface area contributed by atoms with Crippen LogP contribution >= 0.6 is 0 Å². The first-order valence-electron chi connectivity index (χ1n) is 9.39. The zero-order valence-electron chi connectivity index (χ0n) is 14.6. The average Bonchev–Trinajstić information content (AvgIpc) is 3.17. The highest BCUT2D eigenvalue weighted by Crippen LogP contribution is 2.43. The molecule has 3 heteroatoms. The van der Waals surface area contributed by atoms with E-state index in [9.17, 15) is 0 Å². The molecule has 1 saturated heterocycles. The fraction of sp³-hybridized carbons (Fsp3) is 0.524. The van der Waals surface area contributed by atoms with Gasteiger partial charge in [-0.05, 0) is 35.8 Å². The molecule has 2 aliphatic rings. The quantitative estimate of drug-likeness (QED) is 0.920. The molecule has 1 atom stereocenters. The molecule has 0 amide bonds. The van der Waals surface area contributed by atoms with Crippen LogP contribution in [-0.4, -0.2) is 38.2 Å². The molecule has 0 aromatic heterocycles. The summed E-state index contributed by atoms with van der Waals surface area (Å²) in [6.07, 6.45) is 5.52. The summed E-state index contributed by atoms with van der Waals surface area (Å²) in [5.41, 5.74) is 1.50. The van der Waals surface area contributed by atoms with Gasteiger partial charge in [0.1, 0.15) is 5.75 Å². The van der Waals surface area contributed by atoms with Gasteiger partial charge in [0.2, 0.25) is 0 Å². The molecule has 24 heavy (non-hydrogen) atoms. The predicted molar refractivity (Wildman–Crippen MR) is 99.6 cm³/mol. The first kappa shape index (κ1) is 15.9. The molecule has 1 aliphatic carbocycles. The molecule has 2 aromatic rings. The van der Waals surface area contributed by atoms with Crippen LogP contribution < -0.4 is 10.1 Å². The maximum absolute atomic E-state index is 5.61. The third-order valence-electron chi connectivity index (χ3n) is 5.85. The minimum atomic E-state index is 0.547. The van der Waals surface area contributed by atoms with Crippen molar-refractivity contribution in [1.29, 1.82) is 0 Å². The van der Waals surface area contributed by atoms with Gasteiger partial charge < -0.3 is 10.1 Å². The second-order valence-electron chi connectivity index (χ2n) is 7.18. The normalized spacial score (nSPS) is 21.2. The number of rotatable bonds is 4. The number of hydrogen-bond donors (Lipinski definition) is 1. The van der Waals surface area contributed by atoms with Crippen LogP contribution in [-0.2, 0) is 0 Å². The Morgan fingerprint density at radius 3 is 2.42 bits per heavy atom. The first-order chi connectivity index (χ1) is 11.9. The number of fused-ring (bicyclic) bond motifs is 1. The minimum absolute atomic E-state index is 0.547. The van der Waals surface area contributed by atoms with E-state index in [4.69, 9.17) is 4.74 Å². The molecule has 0 bridgehead atoms. The Labute approximate surface area is 145 Å². The van der Waals surface area contributed by atoms with E-state index in [1.54, 1.807) is 7.11 Å². The van der Waals surface area contributed by atoms with Gasteiger partial charge in [0.25, 0.3) is 0 Å². The lowest BCUT2D eigenvalue weighted by atomic mass is 9.86. The maximum Gasteiger partial charge on any atom is 0.126 e. The van der Waals surface area contributed by atoms with Crippen LogP contribution in [0, 0.1) is 5.92 Å². The summed E-state index contributed by atoms with van der Waals surface area (Å²) < 4.78 is 5.61. The van der Waals surface area contributed by atoms with Crippen molar-refractivity contribution in [3.63, 3.8) is 0 Å². The van der Waals surface area contributed by atoms with Crippen molar-refractivity contribution in [2.45, 2.75) is 31.7 Å². The Bertz CT molecular complexity index is 687. The Balaban J connectivity index is 1.81. The largest absolute Gasteiger partial charge is 0.496 e. The molecule has 1 N–H and O–H groups in total. The zero-order valence-corrected chi connectivity index (χ0v) is 14.6. The number of methoxy groups -OCH3 is 1. The molecule has 0 spiro atoms. The maximum atomic E-state index is 5.61. The van der Waals surface area contributed by atoms with Crippen molar-refractivity contribution >= 4 is 10.8 Å². The number of piperazine rings is 1. The van der Waals surface area contributed by atoms with Crippen molar-refractivity contribution in [2.75, 3.05) is 33.3 Å². The van der Waals surface area contributed by atoms with E-state index in [2.05, 4.69) is 46.6 Å². The summed E-state index contributed by atoms with van der Waals surface area (Å²) in [6.45, 7) is 4.53. The van der Waals surface area contributed by atoms with Gasteiger partial charge in [0.05, 0.1) is 7.11 Å². The van der Waals surface area contributed by atoms with Gasteiger partial charge in [-0.2, -0.15) is 0 Å². The summed E-state index contributed by atoms with van der Waals surface area (Å²) in [4.78, 5) is 2.72. The fourth-order valence-corrected chi connectivity index (χ4v) is 4.71. The summed E-state index contributed by atoms with van der Waals surface area (Å²) in [5, 5.41) is 6.12. The molecule has 0 radical (unpaired) electrons. The smallest absolute Gasteiger partial charge is 0.126 e. The van der Waals surface area contributed by atoms with E-state index < -0.39 is 0 Å². The van der Waals surface area contributed by atoms with Crippen LogP contribution in [0.4, 0.5) is 0 Å². The number of nitrogens with zero attached hydrogens (tertiary/aromatic N) is 1. The van der Waals surface area contributed by atoms with Crippen LogP contribution in [0.1, 0.15) is 37.3 Å². The number of ether oxygens (including phenoxy) is 1. The molecular formula is C21H28N2O. The van der Waals surface area contributed by atoms with Gasteiger partial charge in [-0.15, -0.1) is 0 Å². The molecule has 2 aromatic carbocycles. The lowest BCUT2D eigenvalue weighted by Gasteiger charge is -2.39. The van der Waals surface area contributed by atoms with E-state index in [0.717, 1.165) is 37.8 Å². The Hall–Kier alpha value is -1.58. The van der Waals surface area contributed by atoms with E-state index >= 15 is 0 Å². The van der Waals surface area contributed by atoms with E-state index in [1.165, 1.54) is 42.0 Å². The van der Waals surface area contributed by atoms with Crippen molar-refractivity contribution in [3.8, 4) is 5.75 Å². The monoisotopic (exact) mass is 324 g/mol. The van der Waals surface area contributed by atoms with Crippen molar-refractivity contribution < 1.29 is 4.74 Å². The van der Waals surface area contributed by atoms with Gasteiger partial charge in [-0.3, -0.25) is 4.90 Å². The average molecular weight is 324 g/mol. The SMILES string of the molecule is COc1ccc([C@H](C2CCCC2)N2CCNCC2)c2ccccc12. The Morgan fingerprint density at radius 2 is 1.71 bits per heavy atom. The second kappa shape index (κ2) is 7.12. The van der Waals surface area contributed by atoms with Crippen LogP contribution in [0.3, 0.4) is 0 Å². The van der Waals surface area contributed by atoms with Gasteiger partial charge in [-0.25, -0.2) is 0 Å². The van der Waals surface area contributed by atoms with Gasteiger partial charge in [0, 0.05) is 37.6 Å². The highest BCUT2D eigenvalue weighted by atomic mass is 16.5. The highest BCUT2D eigenvalue weighted by Gasteiger charge is 2.33. The van der Waals surface area contributed by atoms with Gasteiger partial charge in [-0.1, -0.05) is 43.2 Å². The van der Waals surface area contributed by atoms with Crippen molar-refractivity contribution in [3.05, 3.63) is 42.0 Å². The lowest BCUT2D eigenvalue weighted by molar-refractivity contribution is 0.126. The molecule has 2 fully saturated rings. The molecule has 1 aliphatic heterocycles. The molecule has 4 rings (SSSR count). The van der Waals surface area contributed by atoms with Crippen molar-refractivity contribution in [1.82, 2.24) is 10.2 Å². The number of benzene rings is 2.